The number of pyridine rings is 3. The van der Waals surface area contributed by atoms with Gasteiger partial charge in [0.25, 0.3) is 5.91 Å². The van der Waals surface area contributed by atoms with Gasteiger partial charge in [0.15, 0.2) is 0 Å². The molecule has 5 nitrogen and oxygen atoms in total. The topological polar surface area (TPSA) is 67.8 Å². The summed E-state index contributed by atoms with van der Waals surface area (Å²) in [6.07, 6.45) is 5.16. The highest BCUT2D eigenvalue weighted by molar-refractivity contribution is 6.07. The van der Waals surface area contributed by atoms with Crippen molar-refractivity contribution in [2.45, 2.75) is 13.0 Å². The van der Waals surface area contributed by atoms with E-state index in [9.17, 15) is 4.79 Å². The zero-order chi connectivity index (χ0) is 18.6. The van der Waals surface area contributed by atoms with Crippen LogP contribution in [-0.4, -0.2) is 20.9 Å². The first-order valence-electron chi connectivity index (χ1n) is 8.74. The van der Waals surface area contributed by atoms with E-state index in [1.54, 1.807) is 18.6 Å². The smallest absolute Gasteiger partial charge is 0.252 e. The Morgan fingerprint density at radius 3 is 2.52 bits per heavy atom. The van der Waals surface area contributed by atoms with Gasteiger partial charge in [0.1, 0.15) is 0 Å². The Bertz CT molecular complexity index is 1080. The molecule has 0 saturated heterocycles. The van der Waals surface area contributed by atoms with Crippen LogP contribution in [0, 0.1) is 0 Å². The minimum Gasteiger partial charge on any atom is -0.344 e. The number of nitrogens with one attached hydrogen (secondary N) is 1. The number of carbonyl (C=O) groups is 1. The van der Waals surface area contributed by atoms with Gasteiger partial charge in [-0.25, -0.2) is 4.98 Å². The lowest BCUT2D eigenvalue weighted by atomic mass is 10.0. The maximum Gasteiger partial charge on any atom is 0.252 e. The molecule has 4 rings (SSSR count). The summed E-state index contributed by atoms with van der Waals surface area (Å²) in [4.78, 5) is 26.1. The Kier molecular flexibility index (Phi) is 4.58. The van der Waals surface area contributed by atoms with Crippen molar-refractivity contribution in [3.63, 3.8) is 0 Å². The van der Waals surface area contributed by atoms with Crippen molar-refractivity contribution in [2.75, 3.05) is 0 Å². The minimum atomic E-state index is -0.199. The maximum absolute atomic E-state index is 13.0. The number of para-hydroxylation sites is 1. The fourth-order valence-corrected chi connectivity index (χ4v) is 3.01. The molecular formula is C22H18N4O. The molecule has 27 heavy (non-hydrogen) atoms. The van der Waals surface area contributed by atoms with Gasteiger partial charge in [-0.3, -0.25) is 14.8 Å². The molecule has 5 heteroatoms. The summed E-state index contributed by atoms with van der Waals surface area (Å²) in [5, 5.41) is 3.86. The molecule has 1 N–H and O–H groups in total. The van der Waals surface area contributed by atoms with Crippen LogP contribution >= 0.6 is 0 Å². The summed E-state index contributed by atoms with van der Waals surface area (Å²) >= 11 is 0. The molecular weight excluding hydrogens is 336 g/mol. The van der Waals surface area contributed by atoms with E-state index >= 15 is 0 Å². The number of rotatable bonds is 4. The van der Waals surface area contributed by atoms with Gasteiger partial charge >= 0.3 is 0 Å². The molecule has 0 aliphatic carbocycles. The zero-order valence-corrected chi connectivity index (χ0v) is 14.8. The van der Waals surface area contributed by atoms with Crippen LogP contribution in [-0.2, 0) is 0 Å². The minimum absolute atomic E-state index is 0.151. The van der Waals surface area contributed by atoms with E-state index in [1.165, 1.54) is 0 Å². The molecule has 3 aromatic heterocycles. The average Bonchev–Trinajstić information content (AvgIpc) is 2.74. The number of fused-ring (bicyclic) bond motifs is 1. The van der Waals surface area contributed by atoms with Crippen LogP contribution in [0.5, 0.6) is 0 Å². The van der Waals surface area contributed by atoms with Crippen LogP contribution in [0.15, 0.2) is 79.3 Å². The lowest BCUT2D eigenvalue weighted by Crippen LogP contribution is -2.27. The summed E-state index contributed by atoms with van der Waals surface area (Å²) < 4.78 is 0. The van der Waals surface area contributed by atoms with Gasteiger partial charge in [-0.05, 0) is 43.3 Å². The highest BCUT2D eigenvalue weighted by Crippen LogP contribution is 2.25. The second-order valence-electron chi connectivity index (χ2n) is 6.26. The Morgan fingerprint density at radius 2 is 1.74 bits per heavy atom. The molecule has 1 amide bonds. The summed E-state index contributed by atoms with van der Waals surface area (Å²) in [7, 11) is 0. The summed E-state index contributed by atoms with van der Waals surface area (Å²) in [5.41, 5.74) is 3.85. The molecule has 0 aliphatic heterocycles. The van der Waals surface area contributed by atoms with Gasteiger partial charge in [-0.1, -0.05) is 24.3 Å². The van der Waals surface area contributed by atoms with E-state index in [0.717, 1.165) is 27.9 Å². The number of hydrogen-bond donors (Lipinski definition) is 1. The lowest BCUT2D eigenvalue weighted by molar-refractivity contribution is 0.0941. The predicted octanol–water partition coefficient (Wildman–Crippen LogP) is 4.18. The monoisotopic (exact) mass is 354 g/mol. The largest absolute Gasteiger partial charge is 0.344 e. The molecule has 0 saturated carbocycles. The van der Waals surface area contributed by atoms with Crippen molar-refractivity contribution in [3.8, 4) is 11.3 Å². The number of nitrogens with zero attached hydrogens (tertiary/aromatic N) is 3. The third kappa shape index (κ3) is 3.53. The van der Waals surface area contributed by atoms with Gasteiger partial charge in [0.2, 0.25) is 0 Å². The highest BCUT2D eigenvalue weighted by atomic mass is 16.1. The number of carbonyl (C=O) groups excluding carboxylic acids is 1. The Morgan fingerprint density at radius 1 is 0.963 bits per heavy atom. The van der Waals surface area contributed by atoms with Crippen LogP contribution in [0.4, 0.5) is 0 Å². The standard InChI is InChI=1S/C22H18N4O/c1-15(19-7-4-5-11-24-19)25-22(27)18-14-21(16-9-12-23-13-10-16)26-20-8-3-2-6-17(18)20/h2-15H,1H3,(H,25,27). The number of benzene rings is 1. The molecule has 132 valence electrons. The number of amides is 1. The van der Waals surface area contributed by atoms with E-state index in [4.69, 9.17) is 4.98 Å². The van der Waals surface area contributed by atoms with Crippen LogP contribution < -0.4 is 5.32 Å². The van der Waals surface area contributed by atoms with Gasteiger partial charge in [-0.2, -0.15) is 0 Å². The first kappa shape index (κ1) is 16.8. The van der Waals surface area contributed by atoms with Gasteiger partial charge in [0.05, 0.1) is 28.5 Å². The van der Waals surface area contributed by atoms with Crippen molar-refractivity contribution >= 4 is 16.8 Å². The quantitative estimate of drug-likeness (QED) is 0.597. The normalized spacial score (nSPS) is 11.9. The van der Waals surface area contributed by atoms with Gasteiger partial charge < -0.3 is 5.32 Å². The third-order valence-corrected chi connectivity index (χ3v) is 4.42. The van der Waals surface area contributed by atoms with Crippen LogP contribution in [0.25, 0.3) is 22.2 Å². The molecule has 0 spiro atoms. The SMILES string of the molecule is CC(NC(=O)c1cc(-c2ccncc2)nc2ccccc12)c1ccccn1. The molecule has 0 bridgehead atoms. The molecule has 4 aromatic rings. The van der Waals surface area contributed by atoms with Crippen molar-refractivity contribution in [3.05, 3.63) is 90.5 Å². The fourth-order valence-electron chi connectivity index (χ4n) is 3.01. The summed E-state index contributed by atoms with van der Waals surface area (Å²) in [6.45, 7) is 1.92. The van der Waals surface area contributed by atoms with Crippen molar-refractivity contribution < 1.29 is 4.79 Å². The Labute approximate surface area is 157 Å². The highest BCUT2D eigenvalue weighted by Gasteiger charge is 2.17. The third-order valence-electron chi connectivity index (χ3n) is 4.42. The predicted molar refractivity (Wildman–Crippen MR) is 105 cm³/mol. The second-order valence-corrected chi connectivity index (χ2v) is 6.26. The summed E-state index contributed by atoms with van der Waals surface area (Å²) in [5.74, 6) is -0.151. The van der Waals surface area contributed by atoms with Crippen LogP contribution in [0.3, 0.4) is 0 Å². The van der Waals surface area contributed by atoms with E-state index in [0.29, 0.717) is 5.56 Å². The summed E-state index contributed by atoms with van der Waals surface area (Å²) in [6, 6.07) is 18.7. The van der Waals surface area contributed by atoms with Crippen LogP contribution in [0.2, 0.25) is 0 Å². The van der Waals surface area contributed by atoms with E-state index in [-0.39, 0.29) is 11.9 Å². The van der Waals surface area contributed by atoms with Crippen molar-refractivity contribution in [1.29, 1.82) is 0 Å². The zero-order valence-electron chi connectivity index (χ0n) is 14.8. The molecule has 3 heterocycles. The second kappa shape index (κ2) is 7.33. The van der Waals surface area contributed by atoms with Crippen LogP contribution in [0.1, 0.15) is 29.0 Å². The van der Waals surface area contributed by atoms with E-state index in [1.807, 2.05) is 67.6 Å². The number of aromatic nitrogens is 3. The average molecular weight is 354 g/mol. The number of hydrogen-bond acceptors (Lipinski definition) is 4. The van der Waals surface area contributed by atoms with Gasteiger partial charge in [0, 0.05) is 29.5 Å². The fraction of sp³-hybridized carbons (Fsp3) is 0.0909. The lowest BCUT2D eigenvalue weighted by Gasteiger charge is -2.15. The first-order chi connectivity index (χ1) is 13.2. The molecule has 1 aromatic carbocycles. The maximum atomic E-state index is 13.0. The Hall–Kier alpha value is -3.60. The van der Waals surface area contributed by atoms with E-state index < -0.39 is 0 Å². The molecule has 0 aliphatic rings. The molecule has 1 unspecified atom stereocenters. The first-order valence-corrected chi connectivity index (χ1v) is 8.74. The van der Waals surface area contributed by atoms with Crippen molar-refractivity contribution in [2.24, 2.45) is 0 Å². The molecule has 0 fully saturated rings. The molecule has 0 radical (unpaired) electrons. The van der Waals surface area contributed by atoms with E-state index in [2.05, 4.69) is 15.3 Å². The Balaban J connectivity index is 1.74. The van der Waals surface area contributed by atoms with Gasteiger partial charge in [-0.15, -0.1) is 0 Å². The van der Waals surface area contributed by atoms with Crippen molar-refractivity contribution in [1.82, 2.24) is 20.3 Å². The molecule has 1 atom stereocenters.